The van der Waals surface area contributed by atoms with Gasteiger partial charge in [0.2, 0.25) is 0 Å². The van der Waals surface area contributed by atoms with Crippen molar-refractivity contribution in [1.29, 1.82) is 0 Å². The highest BCUT2D eigenvalue weighted by molar-refractivity contribution is 5.41. The maximum absolute atomic E-state index is 9.66. The molecule has 0 bridgehead atoms. The van der Waals surface area contributed by atoms with E-state index in [1.54, 1.807) is 19.2 Å². The lowest BCUT2D eigenvalue weighted by molar-refractivity contribution is 0.371. The first-order valence-corrected chi connectivity index (χ1v) is 6.17. The third-order valence-electron chi connectivity index (χ3n) is 3.37. The molecule has 0 aliphatic carbocycles. The van der Waals surface area contributed by atoms with Crippen LogP contribution in [-0.2, 0) is 6.54 Å². The molecule has 1 aromatic rings. The van der Waals surface area contributed by atoms with Gasteiger partial charge in [-0.05, 0) is 30.5 Å². The lowest BCUT2D eigenvalue weighted by atomic mass is 10.0. The Morgan fingerprint density at radius 2 is 2.06 bits per heavy atom. The van der Waals surface area contributed by atoms with Gasteiger partial charge in [0.15, 0.2) is 11.5 Å². The number of rotatable bonds is 6. The summed E-state index contributed by atoms with van der Waals surface area (Å²) in [6.07, 6.45) is 1.17. The van der Waals surface area contributed by atoms with E-state index in [1.807, 2.05) is 6.07 Å². The van der Waals surface area contributed by atoms with Crippen LogP contribution in [0.4, 0.5) is 0 Å². The van der Waals surface area contributed by atoms with Crippen molar-refractivity contribution in [2.45, 2.75) is 39.8 Å². The van der Waals surface area contributed by atoms with E-state index in [1.165, 1.54) is 6.42 Å². The smallest absolute Gasteiger partial charge is 0.160 e. The fraction of sp³-hybridized carbons (Fsp3) is 0.571. The van der Waals surface area contributed by atoms with E-state index in [2.05, 4.69) is 26.1 Å². The number of benzene rings is 1. The van der Waals surface area contributed by atoms with Crippen LogP contribution in [0.3, 0.4) is 0 Å². The highest BCUT2D eigenvalue weighted by atomic mass is 16.5. The fourth-order valence-corrected chi connectivity index (χ4v) is 1.68. The van der Waals surface area contributed by atoms with Gasteiger partial charge in [-0.25, -0.2) is 0 Å². The minimum atomic E-state index is 0.197. The molecule has 0 aliphatic heterocycles. The minimum absolute atomic E-state index is 0.197. The predicted octanol–water partition coefficient (Wildman–Crippen LogP) is 2.93. The molecule has 3 heteroatoms. The Balaban J connectivity index is 2.55. The number of nitrogens with one attached hydrogen (secondary N) is 1. The summed E-state index contributed by atoms with van der Waals surface area (Å²) in [4.78, 5) is 0. The Morgan fingerprint density at radius 1 is 1.35 bits per heavy atom. The Bertz CT molecular complexity index is 352. The second-order valence-corrected chi connectivity index (χ2v) is 4.56. The first kappa shape index (κ1) is 13.8. The molecule has 0 saturated carbocycles. The van der Waals surface area contributed by atoms with E-state index >= 15 is 0 Å². The van der Waals surface area contributed by atoms with Crippen LogP contribution in [0.2, 0.25) is 0 Å². The molecule has 0 saturated heterocycles. The molecule has 17 heavy (non-hydrogen) atoms. The Morgan fingerprint density at radius 3 is 2.59 bits per heavy atom. The van der Waals surface area contributed by atoms with Gasteiger partial charge < -0.3 is 15.2 Å². The average Bonchev–Trinajstić information content (AvgIpc) is 2.35. The number of aromatic hydroxyl groups is 1. The first-order valence-electron chi connectivity index (χ1n) is 6.17. The van der Waals surface area contributed by atoms with E-state index in [0.717, 1.165) is 12.1 Å². The summed E-state index contributed by atoms with van der Waals surface area (Å²) in [7, 11) is 1.55. The molecule has 0 fully saturated rings. The van der Waals surface area contributed by atoms with Crippen LogP contribution in [0.25, 0.3) is 0 Å². The van der Waals surface area contributed by atoms with E-state index < -0.39 is 0 Å². The summed E-state index contributed by atoms with van der Waals surface area (Å²) in [6, 6.07) is 5.98. The van der Waals surface area contributed by atoms with Crippen LogP contribution in [0.15, 0.2) is 18.2 Å². The standard InChI is InChI=1S/C14H23NO2/c1-5-10(2)11(3)15-9-12-6-7-14(17-4)13(16)8-12/h6-8,10-11,15-16H,5,9H2,1-4H3. The first-order chi connectivity index (χ1) is 8.08. The molecule has 2 N–H and O–H groups in total. The summed E-state index contributed by atoms with van der Waals surface area (Å²) < 4.78 is 5.01. The SMILES string of the molecule is CCC(C)C(C)NCc1ccc(OC)c(O)c1. The van der Waals surface area contributed by atoms with Crippen molar-refractivity contribution in [2.75, 3.05) is 7.11 Å². The zero-order chi connectivity index (χ0) is 12.8. The van der Waals surface area contributed by atoms with Gasteiger partial charge in [-0.1, -0.05) is 26.3 Å². The van der Waals surface area contributed by atoms with Crippen molar-refractivity contribution in [3.63, 3.8) is 0 Å². The van der Waals surface area contributed by atoms with Crippen LogP contribution in [0.1, 0.15) is 32.8 Å². The topological polar surface area (TPSA) is 41.5 Å². The van der Waals surface area contributed by atoms with Gasteiger partial charge in [-0.15, -0.1) is 0 Å². The van der Waals surface area contributed by atoms with Gasteiger partial charge in [-0.3, -0.25) is 0 Å². The van der Waals surface area contributed by atoms with Crippen molar-refractivity contribution < 1.29 is 9.84 Å². The molecule has 96 valence electrons. The van der Waals surface area contributed by atoms with Gasteiger partial charge in [0, 0.05) is 12.6 Å². The number of hydrogen-bond donors (Lipinski definition) is 2. The number of methoxy groups -OCH3 is 1. The summed E-state index contributed by atoms with van der Waals surface area (Å²) >= 11 is 0. The Kier molecular flexibility index (Phi) is 5.29. The molecular weight excluding hydrogens is 214 g/mol. The quantitative estimate of drug-likeness (QED) is 0.799. The summed E-state index contributed by atoms with van der Waals surface area (Å²) in [5.74, 6) is 1.37. The normalized spacial score (nSPS) is 14.4. The maximum atomic E-state index is 9.66. The molecular formula is C14H23NO2. The van der Waals surface area contributed by atoms with Crippen molar-refractivity contribution in [3.8, 4) is 11.5 Å². The van der Waals surface area contributed by atoms with Crippen molar-refractivity contribution in [3.05, 3.63) is 23.8 Å². The lowest BCUT2D eigenvalue weighted by Gasteiger charge is -2.20. The molecule has 1 aromatic carbocycles. The molecule has 0 radical (unpaired) electrons. The van der Waals surface area contributed by atoms with E-state index in [4.69, 9.17) is 4.74 Å². The van der Waals surface area contributed by atoms with Crippen molar-refractivity contribution in [2.24, 2.45) is 5.92 Å². The Labute approximate surface area is 104 Å². The Hall–Kier alpha value is -1.22. The van der Waals surface area contributed by atoms with E-state index in [9.17, 15) is 5.11 Å². The zero-order valence-corrected chi connectivity index (χ0v) is 11.2. The molecule has 0 aliphatic rings. The third kappa shape index (κ3) is 3.93. The monoisotopic (exact) mass is 237 g/mol. The average molecular weight is 237 g/mol. The van der Waals surface area contributed by atoms with Crippen LogP contribution in [0, 0.1) is 5.92 Å². The molecule has 0 aromatic heterocycles. The van der Waals surface area contributed by atoms with Gasteiger partial charge >= 0.3 is 0 Å². The molecule has 0 amide bonds. The molecule has 0 heterocycles. The van der Waals surface area contributed by atoms with Crippen molar-refractivity contribution >= 4 is 0 Å². The molecule has 1 rings (SSSR count). The van der Waals surface area contributed by atoms with Gasteiger partial charge in [-0.2, -0.15) is 0 Å². The highest BCUT2D eigenvalue weighted by Crippen LogP contribution is 2.26. The summed E-state index contributed by atoms with van der Waals surface area (Å²) in [5, 5.41) is 13.1. The largest absolute Gasteiger partial charge is 0.504 e. The van der Waals surface area contributed by atoms with Crippen LogP contribution in [0.5, 0.6) is 11.5 Å². The van der Waals surface area contributed by atoms with Crippen LogP contribution >= 0.6 is 0 Å². The number of phenols is 1. The summed E-state index contributed by atoms with van der Waals surface area (Å²) in [5.41, 5.74) is 1.07. The van der Waals surface area contributed by atoms with Gasteiger partial charge in [0.05, 0.1) is 7.11 Å². The highest BCUT2D eigenvalue weighted by Gasteiger charge is 2.09. The van der Waals surface area contributed by atoms with Gasteiger partial charge in [0.1, 0.15) is 0 Å². The third-order valence-corrected chi connectivity index (χ3v) is 3.37. The van der Waals surface area contributed by atoms with Crippen molar-refractivity contribution in [1.82, 2.24) is 5.32 Å². The fourth-order valence-electron chi connectivity index (χ4n) is 1.68. The number of phenolic OH excluding ortho intramolecular Hbond substituents is 1. The van der Waals surface area contributed by atoms with E-state index in [-0.39, 0.29) is 5.75 Å². The lowest BCUT2D eigenvalue weighted by Crippen LogP contribution is -2.31. The van der Waals surface area contributed by atoms with Crippen LogP contribution in [-0.4, -0.2) is 18.3 Å². The second-order valence-electron chi connectivity index (χ2n) is 4.56. The van der Waals surface area contributed by atoms with Crippen LogP contribution < -0.4 is 10.1 Å². The minimum Gasteiger partial charge on any atom is -0.504 e. The molecule has 2 atom stereocenters. The van der Waals surface area contributed by atoms with E-state index in [0.29, 0.717) is 17.7 Å². The van der Waals surface area contributed by atoms with Gasteiger partial charge in [0.25, 0.3) is 0 Å². The second kappa shape index (κ2) is 6.50. The number of ether oxygens (including phenoxy) is 1. The molecule has 3 nitrogen and oxygen atoms in total. The predicted molar refractivity (Wildman–Crippen MR) is 70.4 cm³/mol. The maximum Gasteiger partial charge on any atom is 0.160 e. The number of hydrogen-bond acceptors (Lipinski definition) is 3. The molecule has 2 unspecified atom stereocenters. The summed E-state index contributed by atoms with van der Waals surface area (Å²) in [6.45, 7) is 7.39. The molecule has 0 spiro atoms. The zero-order valence-electron chi connectivity index (χ0n) is 11.2.